The summed E-state index contributed by atoms with van der Waals surface area (Å²) in [4.78, 5) is 22.0. The first-order valence-corrected chi connectivity index (χ1v) is 11.9. The Morgan fingerprint density at radius 1 is 0.972 bits per heavy atom. The van der Waals surface area contributed by atoms with E-state index in [9.17, 15) is 9.18 Å². The number of hydrogen-bond donors (Lipinski definition) is 2. The number of aryl methyl sites for hydroxylation is 1. The molecule has 0 spiro atoms. The highest BCUT2D eigenvalue weighted by Gasteiger charge is 2.24. The smallest absolute Gasteiger partial charge is 0.257 e. The molecule has 8 heteroatoms. The average Bonchev–Trinajstić information content (AvgIpc) is 2.87. The summed E-state index contributed by atoms with van der Waals surface area (Å²) in [6.07, 6.45) is 5.17. The van der Waals surface area contributed by atoms with Crippen LogP contribution < -0.4 is 15.4 Å². The lowest BCUT2D eigenvalue weighted by Gasteiger charge is -2.30. The van der Waals surface area contributed by atoms with Crippen molar-refractivity contribution in [1.82, 2.24) is 15.3 Å². The Labute approximate surface area is 215 Å². The second kappa shape index (κ2) is 11.4. The van der Waals surface area contributed by atoms with Crippen molar-refractivity contribution < 1.29 is 13.9 Å². The van der Waals surface area contributed by atoms with E-state index in [4.69, 9.17) is 9.72 Å². The van der Waals surface area contributed by atoms with Gasteiger partial charge in [-0.2, -0.15) is 0 Å². The number of carbonyl (C=O) groups is 1. The van der Waals surface area contributed by atoms with Gasteiger partial charge >= 0.3 is 0 Å². The Bertz CT molecular complexity index is 1340. The summed E-state index contributed by atoms with van der Waals surface area (Å²) < 4.78 is 18.9. The predicted octanol–water partition coefficient (Wildman–Crippen LogP) is 6.44. The maximum absolute atomic E-state index is 13.2. The number of nitrogens with one attached hydrogen (secondary N) is 2. The van der Waals surface area contributed by atoms with Crippen LogP contribution in [0.5, 0.6) is 11.6 Å². The fraction of sp³-hybridized carbons (Fsp3) is 0.250. The van der Waals surface area contributed by atoms with Crippen LogP contribution in [0.4, 0.5) is 10.2 Å². The first kappa shape index (κ1) is 25.4. The van der Waals surface area contributed by atoms with Crippen molar-refractivity contribution >= 4 is 35.0 Å². The number of carbonyl (C=O) groups excluding carboxylic acids is 1. The second-order valence-electron chi connectivity index (χ2n) is 8.92. The number of nitrogens with zero attached hydrogens (tertiary/aromatic N) is 2. The molecule has 186 valence electrons. The summed E-state index contributed by atoms with van der Waals surface area (Å²) in [5.41, 5.74) is 2.55. The summed E-state index contributed by atoms with van der Waals surface area (Å²) >= 11 is 0. The summed E-state index contributed by atoms with van der Waals surface area (Å²) in [5, 5.41) is 7.87. The van der Waals surface area contributed by atoms with Gasteiger partial charge in [-0.15, -0.1) is 12.4 Å². The van der Waals surface area contributed by atoms with Gasteiger partial charge in [0.05, 0.1) is 5.52 Å². The lowest BCUT2D eigenvalue weighted by atomic mass is 9.91. The highest BCUT2D eigenvalue weighted by molar-refractivity contribution is 5.96. The molecular weight excluding hydrogens is 479 g/mol. The van der Waals surface area contributed by atoms with Crippen LogP contribution in [0.3, 0.4) is 0 Å². The van der Waals surface area contributed by atoms with Gasteiger partial charge in [-0.1, -0.05) is 18.2 Å². The zero-order chi connectivity index (χ0) is 24.2. The molecule has 0 bridgehead atoms. The molecule has 6 nitrogen and oxygen atoms in total. The molecule has 0 saturated heterocycles. The lowest BCUT2D eigenvalue weighted by molar-refractivity contribution is 0.0923. The minimum Gasteiger partial charge on any atom is -0.438 e. The van der Waals surface area contributed by atoms with E-state index in [1.165, 1.54) is 35.2 Å². The fourth-order valence-electron chi connectivity index (χ4n) is 4.54. The van der Waals surface area contributed by atoms with Gasteiger partial charge in [0, 0.05) is 23.7 Å². The molecule has 1 amide bonds. The van der Waals surface area contributed by atoms with Crippen LogP contribution in [0, 0.1) is 12.7 Å². The minimum absolute atomic E-state index is 0. The van der Waals surface area contributed by atoms with E-state index in [0.29, 0.717) is 17.4 Å². The molecule has 5 rings (SSSR count). The molecule has 1 fully saturated rings. The van der Waals surface area contributed by atoms with Crippen LogP contribution in [0.25, 0.3) is 10.9 Å². The Balaban J connectivity index is 0.00000304. The largest absolute Gasteiger partial charge is 0.438 e. The highest BCUT2D eigenvalue weighted by Crippen LogP contribution is 2.26. The van der Waals surface area contributed by atoms with E-state index in [0.717, 1.165) is 37.0 Å². The van der Waals surface area contributed by atoms with Crippen molar-refractivity contribution in [3.05, 3.63) is 89.9 Å². The Morgan fingerprint density at radius 3 is 2.47 bits per heavy atom. The second-order valence-corrected chi connectivity index (χ2v) is 8.92. The van der Waals surface area contributed by atoms with Gasteiger partial charge in [-0.3, -0.25) is 4.79 Å². The van der Waals surface area contributed by atoms with Gasteiger partial charge in [-0.25, -0.2) is 14.4 Å². The van der Waals surface area contributed by atoms with E-state index in [1.54, 1.807) is 18.3 Å². The van der Waals surface area contributed by atoms with E-state index >= 15 is 0 Å². The lowest BCUT2D eigenvalue weighted by Crippen LogP contribution is -2.40. The monoisotopic (exact) mass is 506 g/mol. The summed E-state index contributed by atoms with van der Waals surface area (Å²) in [6.45, 7) is 2.11. The number of ether oxygens (including phenoxy) is 1. The van der Waals surface area contributed by atoms with Gasteiger partial charge in [0.15, 0.2) is 0 Å². The van der Waals surface area contributed by atoms with E-state index in [-0.39, 0.29) is 36.1 Å². The van der Waals surface area contributed by atoms with Gasteiger partial charge in [-0.05, 0) is 86.7 Å². The fourth-order valence-corrected chi connectivity index (χ4v) is 4.54. The van der Waals surface area contributed by atoms with Crippen molar-refractivity contribution in [3.8, 4) is 11.6 Å². The number of halogens is 2. The van der Waals surface area contributed by atoms with Crippen molar-refractivity contribution in [3.63, 3.8) is 0 Å². The third-order valence-corrected chi connectivity index (χ3v) is 6.38. The third-order valence-electron chi connectivity index (χ3n) is 6.38. The SMILES string of the molecule is Cc1cc(NC2CCC(NC(=O)c3cccnc3Oc3ccc(F)cc3)CC2)nc2ccccc12.Cl. The van der Waals surface area contributed by atoms with E-state index in [1.807, 2.05) is 18.2 Å². The zero-order valence-electron chi connectivity index (χ0n) is 19.9. The quantitative estimate of drug-likeness (QED) is 0.314. The highest BCUT2D eigenvalue weighted by atomic mass is 35.5. The summed E-state index contributed by atoms with van der Waals surface area (Å²) in [7, 11) is 0. The average molecular weight is 507 g/mol. The molecule has 4 aromatic rings. The van der Waals surface area contributed by atoms with Gasteiger partial charge in [0.1, 0.15) is 22.9 Å². The van der Waals surface area contributed by atoms with Crippen LogP contribution in [0.1, 0.15) is 41.6 Å². The topological polar surface area (TPSA) is 76.1 Å². The molecule has 0 unspecified atom stereocenters. The maximum Gasteiger partial charge on any atom is 0.257 e. The van der Waals surface area contributed by atoms with Crippen LogP contribution >= 0.6 is 12.4 Å². The standard InChI is InChI=1S/C28H27FN4O2.ClH/c1-18-17-26(33-25-7-3-2-5-23(18)25)31-20-10-12-21(13-11-20)32-27(34)24-6-4-16-30-28(24)35-22-14-8-19(29)9-15-22;/h2-9,14-17,20-21H,10-13H2,1H3,(H,31,33)(H,32,34);1H. The molecule has 0 radical (unpaired) electrons. The number of rotatable bonds is 6. The van der Waals surface area contributed by atoms with Crippen molar-refractivity contribution in [2.24, 2.45) is 0 Å². The molecule has 1 aliphatic rings. The molecule has 1 aliphatic carbocycles. The maximum atomic E-state index is 13.2. The van der Waals surface area contributed by atoms with E-state index < -0.39 is 0 Å². The van der Waals surface area contributed by atoms with Crippen molar-refractivity contribution in [1.29, 1.82) is 0 Å². The molecule has 2 heterocycles. The molecular formula is C28H28ClFN4O2. The number of fused-ring (bicyclic) bond motifs is 1. The van der Waals surface area contributed by atoms with Crippen molar-refractivity contribution in [2.75, 3.05) is 5.32 Å². The number of para-hydroxylation sites is 1. The minimum atomic E-state index is -0.354. The molecule has 0 aliphatic heterocycles. The predicted molar refractivity (Wildman–Crippen MR) is 142 cm³/mol. The molecule has 1 saturated carbocycles. The number of hydrogen-bond acceptors (Lipinski definition) is 5. The van der Waals surface area contributed by atoms with Gasteiger partial charge in [0.2, 0.25) is 5.88 Å². The van der Waals surface area contributed by atoms with Crippen LogP contribution in [0.15, 0.2) is 72.9 Å². The van der Waals surface area contributed by atoms with Crippen LogP contribution in [-0.2, 0) is 0 Å². The number of pyridine rings is 2. The third kappa shape index (κ3) is 5.91. The normalized spacial score (nSPS) is 17.2. The van der Waals surface area contributed by atoms with Crippen LogP contribution in [0.2, 0.25) is 0 Å². The first-order chi connectivity index (χ1) is 17.0. The number of amides is 1. The number of anilines is 1. The Morgan fingerprint density at radius 2 is 1.69 bits per heavy atom. The van der Waals surface area contributed by atoms with Gasteiger partial charge in [0.25, 0.3) is 5.91 Å². The number of aromatic nitrogens is 2. The van der Waals surface area contributed by atoms with E-state index in [2.05, 4.69) is 34.7 Å². The number of benzene rings is 2. The Kier molecular flexibility index (Phi) is 8.00. The molecule has 2 aromatic heterocycles. The molecule has 2 aromatic carbocycles. The van der Waals surface area contributed by atoms with Crippen molar-refractivity contribution in [2.45, 2.75) is 44.7 Å². The van der Waals surface area contributed by atoms with Gasteiger partial charge < -0.3 is 15.4 Å². The molecule has 36 heavy (non-hydrogen) atoms. The molecule has 2 N–H and O–H groups in total. The summed E-state index contributed by atoms with van der Waals surface area (Å²) in [6, 6.07) is 19.7. The zero-order valence-corrected chi connectivity index (χ0v) is 20.7. The Hall–Kier alpha value is -3.71. The van der Waals surface area contributed by atoms with Crippen LogP contribution in [-0.4, -0.2) is 28.0 Å². The summed E-state index contributed by atoms with van der Waals surface area (Å²) in [5.74, 6) is 0.936. The molecule has 0 atom stereocenters. The first-order valence-electron chi connectivity index (χ1n) is 11.9.